The molecule has 2 aromatic rings. The first kappa shape index (κ1) is 23.0. The molecule has 1 aliphatic heterocycles. The second-order valence-corrected chi connectivity index (χ2v) is 8.91. The van der Waals surface area contributed by atoms with Crippen LogP contribution in [0.15, 0.2) is 54.6 Å². The Kier molecular flexibility index (Phi) is 7.37. The number of amides is 3. The molecule has 0 aromatic heterocycles. The summed E-state index contributed by atoms with van der Waals surface area (Å²) in [6.07, 6.45) is 4.20. The summed E-state index contributed by atoms with van der Waals surface area (Å²) in [7, 11) is 1.67. The van der Waals surface area contributed by atoms with Gasteiger partial charge in [0, 0.05) is 38.4 Å². The maximum atomic E-state index is 13.7. The molecule has 1 saturated heterocycles. The quantitative estimate of drug-likeness (QED) is 0.706. The molecule has 176 valence electrons. The van der Waals surface area contributed by atoms with Crippen LogP contribution in [0.4, 0.5) is 10.5 Å². The third-order valence-electron chi connectivity index (χ3n) is 6.74. The minimum Gasteiger partial charge on any atom is -0.497 e. The van der Waals surface area contributed by atoms with Crippen molar-refractivity contribution >= 4 is 17.6 Å². The van der Waals surface area contributed by atoms with Crippen molar-refractivity contribution in [3.8, 4) is 5.75 Å². The van der Waals surface area contributed by atoms with E-state index in [-0.39, 0.29) is 11.9 Å². The van der Waals surface area contributed by atoms with Gasteiger partial charge in [-0.3, -0.25) is 4.79 Å². The number of carbonyl (C=O) groups is 2. The van der Waals surface area contributed by atoms with Crippen molar-refractivity contribution < 1.29 is 14.3 Å². The monoisotopic (exact) mass is 450 g/mol. The third kappa shape index (κ3) is 5.59. The lowest BCUT2D eigenvalue weighted by Crippen LogP contribution is -2.60. The van der Waals surface area contributed by atoms with Gasteiger partial charge in [-0.1, -0.05) is 43.2 Å². The molecule has 0 spiro atoms. The van der Waals surface area contributed by atoms with Crippen LogP contribution < -0.4 is 20.3 Å². The summed E-state index contributed by atoms with van der Waals surface area (Å²) in [5.41, 5.74) is 1.38. The Labute approximate surface area is 196 Å². The van der Waals surface area contributed by atoms with E-state index in [0.717, 1.165) is 49.4 Å². The molecule has 4 rings (SSSR count). The van der Waals surface area contributed by atoms with E-state index in [9.17, 15) is 9.59 Å². The molecule has 7 heteroatoms. The number of hydrogen-bond donors (Lipinski definition) is 2. The molecule has 0 unspecified atom stereocenters. The summed E-state index contributed by atoms with van der Waals surface area (Å²) in [6.45, 7) is 3.47. The minimum absolute atomic E-state index is 0.0615. The van der Waals surface area contributed by atoms with Crippen molar-refractivity contribution in [3.63, 3.8) is 0 Å². The van der Waals surface area contributed by atoms with E-state index in [1.165, 1.54) is 0 Å². The second kappa shape index (κ2) is 10.6. The van der Waals surface area contributed by atoms with E-state index < -0.39 is 5.54 Å². The molecule has 1 heterocycles. The Morgan fingerprint density at radius 3 is 2.33 bits per heavy atom. The summed E-state index contributed by atoms with van der Waals surface area (Å²) in [5.74, 6) is 0.900. The Morgan fingerprint density at radius 1 is 0.909 bits per heavy atom. The standard InChI is InChI=1S/C26H34N4O3/c1-33-23-12-10-22(11-13-23)29-16-7-17-30(19-18-29)24(31)26(14-5-6-15-26)28-25(32)27-20-21-8-3-2-4-9-21/h2-4,8-13H,5-7,14-20H2,1H3,(H2,27,28,32). The number of urea groups is 1. The van der Waals surface area contributed by atoms with Gasteiger partial charge in [-0.2, -0.15) is 0 Å². The molecule has 1 saturated carbocycles. The van der Waals surface area contributed by atoms with Crippen LogP contribution in [-0.4, -0.2) is 55.7 Å². The summed E-state index contributed by atoms with van der Waals surface area (Å²) < 4.78 is 5.26. The molecule has 2 fully saturated rings. The number of methoxy groups -OCH3 is 1. The summed E-state index contributed by atoms with van der Waals surface area (Å²) in [6, 6.07) is 17.6. The topological polar surface area (TPSA) is 73.9 Å². The Balaban J connectivity index is 1.37. The van der Waals surface area contributed by atoms with Crippen molar-refractivity contribution in [1.82, 2.24) is 15.5 Å². The molecule has 0 bridgehead atoms. The van der Waals surface area contributed by atoms with Gasteiger partial charge in [0.15, 0.2) is 0 Å². The average Bonchev–Trinajstić information content (AvgIpc) is 3.19. The highest BCUT2D eigenvalue weighted by Crippen LogP contribution is 2.32. The average molecular weight is 451 g/mol. The molecule has 0 atom stereocenters. The van der Waals surface area contributed by atoms with Gasteiger partial charge in [0.1, 0.15) is 11.3 Å². The first-order chi connectivity index (χ1) is 16.1. The zero-order chi connectivity index (χ0) is 23.1. The van der Waals surface area contributed by atoms with E-state index >= 15 is 0 Å². The fourth-order valence-corrected chi connectivity index (χ4v) is 4.89. The fraction of sp³-hybridized carbons (Fsp3) is 0.462. The molecule has 2 aromatic carbocycles. The van der Waals surface area contributed by atoms with Crippen LogP contribution >= 0.6 is 0 Å². The summed E-state index contributed by atoms with van der Waals surface area (Å²) >= 11 is 0. The zero-order valence-electron chi connectivity index (χ0n) is 19.4. The number of benzene rings is 2. The molecular formula is C26H34N4O3. The Hall–Kier alpha value is -3.22. The molecule has 3 amide bonds. The molecule has 2 N–H and O–H groups in total. The largest absolute Gasteiger partial charge is 0.497 e. The second-order valence-electron chi connectivity index (χ2n) is 8.91. The van der Waals surface area contributed by atoms with Crippen molar-refractivity contribution in [1.29, 1.82) is 0 Å². The van der Waals surface area contributed by atoms with Gasteiger partial charge in [-0.25, -0.2) is 4.79 Å². The van der Waals surface area contributed by atoms with Gasteiger partial charge in [0.05, 0.1) is 7.11 Å². The number of ether oxygens (including phenoxy) is 1. The predicted molar refractivity (Wildman–Crippen MR) is 129 cm³/mol. The zero-order valence-corrected chi connectivity index (χ0v) is 19.4. The fourth-order valence-electron chi connectivity index (χ4n) is 4.89. The Bertz CT molecular complexity index is 926. The predicted octanol–water partition coefficient (Wildman–Crippen LogP) is 3.55. The number of hydrogen-bond acceptors (Lipinski definition) is 4. The smallest absolute Gasteiger partial charge is 0.315 e. The number of nitrogens with one attached hydrogen (secondary N) is 2. The molecule has 1 aliphatic carbocycles. The van der Waals surface area contributed by atoms with Crippen molar-refractivity contribution in [2.75, 3.05) is 38.2 Å². The van der Waals surface area contributed by atoms with Crippen LogP contribution in [0.1, 0.15) is 37.7 Å². The van der Waals surface area contributed by atoms with E-state index in [0.29, 0.717) is 32.5 Å². The lowest BCUT2D eigenvalue weighted by molar-refractivity contribution is -0.137. The van der Waals surface area contributed by atoms with Gasteiger partial charge < -0.3 is 25.2 Å². The summed E-state index contributed by atoms with van der Waals surface area (Å²) in [5, 5.41) is 5.99. The molecule has 33 heavy (non-hydrogen) atoms. The number of rotatable bonds is 6. The maximum Gasteiger partial charge on any atom is 0.315 e. The number of nitrogens with zero attached hydrogens (tertiary/aromatic N) is 2. The highest BCUT2D eigenvalue weighted by molar-refractivity contribution is 5.91. The van der Waals surface area contributed by atoms with E-state index in [1.807, 2.05) is 47.4 Å². The lowest BCUT2D eigenvalue weighted by atomic mass is 9.95. The van der Waals surface area contributed by atoms with E-state index in [2.05, 4.69) is 27.7 Å². The van der Waals surface area contributed by atoms with Crippen LogP contribution in [0.2, 0.25) is 0 Å². The van der Waals surface area contributed by atoms with Crippen LogP contribution in [0.25, 0.3) is 0 Å². The SMILES string of the molecule is COc1ccc(N2CCCN(C(=O)C3(NC(=O)NCc4ccccc4)CCCC3)CC2)cc1. The molecule has 7 nitrogen and oxygen atoms in total. The van der Waals surface area contributed by atoms with Gasteiger partial charge in [0.25, 0.3) is 0 Å². The molecule has 0 radical (unpaired) electrons. The number of anilines is 1. The van der Waals surface area contributed by atoms with Gasteiger partial charge in [-0.05, 0) is 49.1 Å². The normalized spacial score (nSPS) is 17.8. The van der Waals surface area contributed by atoms with Crippen LogP contribution in [-0.2, 0) is 11.3 Å². The van der Waals surface area contributed by atoms with Gasteiger partial charge >= 0.3 is 6.03 Å². The highest BCUT2D eigenvalue weighted by Gasteiger charge is 2.45. The number of carbonyl (C=O) groups excluding carboxylic acids is 2. The summed E-state index contributed by atoms with van der Waals surface area (Å²) in [4.78, 5) is 30.6. The lowest BCUT2D eigenvalue weighted by Gasteiger charge is -2.34. The minimum atomic E-state index is -0.796. The van der Waals surface area contributed by atoms with Crippen molar-refractivity contribution in [2.24, 2.45) is 0 Å². The Morgan fingerprint density at radius 2 is 1.64 bits per heavy atom. The van der Waals surface area contributed by atoms with Crippen molar-refractivity contribution in [3.05, 3.63) is 60.2 Å². The van der Waals surface area contributed by atoms with E-state index in [4.69, 9.17) is 4.74 Å². The van der Waals surface area contributed by atoms with E-state index in [1.54, 1.807) is 7.11 Å². The first-order valence-corrected chi connectivity index (χ1v) is 11.9. The van der Waals surface area contributed by atoms with Crippen LogP contribution in [0, 0.1) is 0 Å². The first-order valence-electron chi connectivity index (χ1n) is 11.9. The molecular weight excluding hydrogens is 416 g/mol. The van der Waals surface area contributed by atoms with Crippen LogP contribution in [0.5, 0.6) is 5.75 Å². The molecule has 2 aliphatic rings. The van der Waals surface area contributed by atoms with Gasteiger partial charge in [-0.15, -0.1) is 0 Å². The van der Waals surface area contributed by atoms with Crippen molar-refractivity contribution in [2.45, 2.75) is 44.2 Å². The third-order valence-corrected chi connectivity index (χ3v) is 6.74. The van der Waals surface area contributed by atoms with Crippen LogP contribution in [0.3, 0.4) is 0 Å². The maximum absolute atomic E-state index is 13.7. The highest BCUT2D eigenvalue weighted by atomic mass is 16.5. The van der Waals surface area contributed by atoms with Gasteiger partial charge in [0.2, 0.25) is 5.91 Å².